The van der Waals surface area contributed by atoms with Gasteiger partial charge in [0.05, 0.1) is 24.0 Å². The fourth-order valence-corrected chi connectivity index (χ4v) is 4.00. The van der Waals surface area contributed by atoms with Gasteiger partial charge in [-0.25, -0.2) is 0 Å². The second kappa shape index (κ2) is 7.29. The molecule has 0 radical (unpaired) electrons. The van der Waals surface area contributed by atoms with Crippen LogP contribution in [0.5, 0.6) is 0 Å². The molecule has 2 heterocycles. The number of nitrogens with one attached hydrogen (secondary N) is 1. The summed E-state index contributed by atoms with van der Waals surface area (Å²) in [5.74, 6) is 0.619. The SMILES string of the molecule is O=C(CN1CCC(c2ccccc2)CC1)Nc1cccc2nsnc12. The van der Waals surface area contributed by atoms with Crippen molar-refractivity contribution in [3.05, 3.63) is 54.1 Å². The first-order valence-corrected chi connectivity index (χ1v) is 9.31. The van der Waals surface area contributed by atoms with Gasteiger partial charge in [0.25, 0.3) is 0 Å². The Morgan fingerprint density at radius 2 is 1.88 bits per heavy atom. The minimum Gasteiger partial charge on any atom is -0.323 e. The molecule has 3 aromatic rings. The summed E-state index contributed by atoms with van der Waals surface area (Å²) < 4.78 is 8.47. The van der Waals surface area contributed by atoms with E-state index in [2.05, 4.69) is 49.3 Å². The van der Waals surface area contributed by atoms with E-state index in [1.807, 2.05) is 18.2 Å². The minimum absolute atomic E-state index is 0.0126. The maximum atomic E-state index is 12.4. The lowest BCUT2D eigenvalue weighted by Crippen LogP contribution is -2.38. The molecule has 6 heteroatoms. The van der Waals surface area contributed by atoms with E-state index in [1.54, 1.807) is 0 Å². The van der Waals surface area contributed by atoms with Crippen molar-refractivity contribution in [2.75, 3.05) is 25.0 Å². The maximum Gasteiger partial charge on any atom is 0.238 e. The Labute approximate surface area is 151 Å². The van der Waals surface area contributed by atoms with Gasteiger partial charge in [0.2, 0.25) is 5.91 Å². The molecule has 1 fully saturated rings. The van der Waals surface area contributed by atoms with Crippen LogP contribution in [0.4, 0.5) is 5.69 Å². The lowest BCUT2D eigenvalue weighted by Gasteiger charge is -2.31. The molecule has 0 bridgehead atoms. The van der Waals surface area contributed by atoms with Crippen molar-refractivity contribution in [3.8, 4) is 0 Å². The van der Waals surface area contributed by atoms with Crippen molar-refractivity contribution in [1.29, 1.82) is 0 Å². The first kappa shape index (κ1) is 16.2. The number of nitrogens with zero attached hydrogens (tertiary/aromatic N) is 3. The summed E-state index contributed by atoms with van der Waals surface area (Å²) in [6, 6.07) is 16.3. The number of likely N-dealkylation sites (tertiary alicyclic amines) is 1. The smallest absolute Gasteiger partial charge is 0.238 e. The highest BCUT2D eigenvalue weighted by Crippen LogP contribution is 2.27. The van der Waals surface area contributed by atoms with Crippen LogP contribution in [0.25, 0.3) is 11.0 Å². The van der Waals surface area contributed by atoms with Crippen LogP contribution in [0.2, 0.25) is 0 Å². The molecule has 4 rings (SSSR count). The Morgan fingerprint density at radius 3 is 2.68 bits per heavy atom. The molecule has 1 amide bonds. The van der Waals surface area contributed by atoms with Gasteiger partial charge < -0.3 is 5.32 Å². The van der Waals surface area contributed by atoms with E-state index >= 15 is 0 Å². The lowest BCUT2D eigenvalue weighted by atomic mass is 9.89. The largest absolute Gasteiger partial charge is 0.323 e. The first-order valence-electron chi connectivity index (χ1n) is 8.58. The van der Waals surface area contributed by atoms with Gasteiger partial charge in [-0.1, -0.05) is 36.4 Å². The molecule has 0 aliphatic carbocycles. The zero-order valence-electron chi connectivity index (χ0n) is 13.9. The van der Waals surface area contributed by atoms with E-state index in [4.69, 9.17) is 0 Å². The highest BCUT2D eigenvalue weighted by molar-refractivity contribution is 7.00. The summed E-state index contributed by atoms with van der Waals surface area (Å²) in [4.78, 5) is 14.6. The normalized spacial score (nSPS) is 16.2. The number of anilines is 1. The third-order valence-corrected chi connectivity index (χ3v) is 5.33. The minimum atomic E-state index is 0.0126. The van der Waals surface area contributed by atoms with Gasteiger partial charge in [0.1, 0.15) is 11.0 Å². The summed E-state index contributed by atoms with van der Waals surface area (Å²) >= 11 is 1.17. The van der Waals surface area contributed by atoms with Crippen LogP contribution in [0, 0.1) is 0 Å². The van der Waals surface area contributed by atoms with Crippen LogP contribution >= 0.6 is 11.7 Å². The fourth-order valence-electron chi connectivity index (χ4n) is 3.45. The quantitative estimate of drug-likeness (QED) is 0.781. The predicted molar refractivity (Wildman–Crippen MR) is 101 cm³/mol. The summed E-state index contributed by atoms with van der Waals surface area (Å²) in [6.45, 7) is 2.33. The number of carbonyl (C=O) groups is 1. The number of hydrogen-bond acceptors (Lipinski definition) is 5. The number of piperidine rings is 1. The van der Waals surface area contributed by atoms with Crippen LogP contribution in [0.15, 0.2) is 48.5 Å². The van der Waals surface area contributed by atoms with E-state index in [0.29, 0.717) is 12.5 Å². The van der Waals surface area contributed by atoms with Gasteiger partial charge in [-0.3, -0.25) is 9.69 Å². The number of carbonyl (C=O) groups excluding carboxylic acids is 1. The molecule has 1 saturated heterocycles. The molecule has 5 nitrogen and oxygen atoms in total. The maximum absolute atomic E-state index is 12.4. The molecular weight excluding hydrogens is 332 g/mol. The topological polar surface area (TPSA) is 58.1 Å². The van der Waals surface area contributed by atoms with Crippen LogP contribution in [0.1, 0.15) is 24.3 Å². The highest BCUT2D eigenvalue weighted by atomic mass is 32.1. The second-order valence-electron chi connectivity index (χ2n) is 6.45. The van der Waals surface area contributed by atoms with Crippen LogP contribution in [0.3, 0.4) is 0 Å². The van der Waals surface area contributed by atoms with E-state index < -0.39 is 0 Å². The molecule has 1 aromatic heterocycles. The summed E-state index contributed by atoms with van der Waals surface area (Å²) in [6.07, 6.45) is 2.20. The standard InChI is InChI=1S/C19H20N4OS/c24-18(20-16-7-4-8-17-19(16)22-25-21-17)13-23-11-9-15(10-12-23)14-5-2-1-3-6-14/h1-8,15H,9-13H2,(H,20,24). The molecule has 1 aliphatic rings. The van der Waals surface area contributed by atoms with Crippen LogP contribution in [-0.4, -0.2) is 39.2 Å². The van der Waals surface area contributed by atoms with E-state index in [1.165, 1.54) is 17.3 Å². The summed E-state index contributed by atoms with van der Waals surface area (Å²) in [5, 5.41) is 2.98. The molecule has 0 unspecified atom stereocenters. The van der Waals surface area contributed by atoms with Gasteiger partial charge in [-0.05, 0) is 49.5 Å². The number of hydrogen-bond donors (Lipinski definition) is 1. The third-order valence-electron chi connectivity index (χ3n) is 4.79. The molecule has 0 saturated carbocycles. The van der Waals surface area contributed by atoms with E-state index in [0.717, 1.165) is 42.7 Å². The Morgan fingerprint density at radius 1 is 1.08 bits per heavy atom. The lowest BCUT2D eigenvalue weighted by molar-refractivity contribution is -0.117. The molecule has 2 aromatic carbocycles. The predicted octanol–water partition coefficient (Wildman–Crippen LogP) is 3.51. The Hall–Kier alpha value is -2.31. The average Bonchev–Trinajstić information content (AvgIpc) is 3.13. The van der Waals surface area contributed by atoms with Gasteiger partial charge >= 0.3 is 0 Å². The van der Waals surface area contributed by atoms with Gasteiger partial charge in [0, 0.05) is 0 Å². The van der Waals surface area contributed by atoms with Gasteiger partial charge in [-0.2, -0.15) is 8.75 Å². The zero-order valence-corrected chi connectivity index (χ0v) is 14.7. The first-order chi connectivity index (χ1) is 12.3. The molecular formula is C19H20N4OS. The van der Waals surface area contributed by atoms with Crippen molar-refractivity contribution in [2.24, 2.45) is 0 Å². The fraction of sp³-hybridized carbons (Fsp3) is 0.316. The monoisotopic (exact) mass is 352 g/mol. The Kier molecular flexibility index (Phi) is 4.72. The van der Waals surface area contributed by atoms with Crippen molar-refractivity contribution >= 4 is 34.4 Å². The Balaban J connectivity index is 1.33. The highest BCUT2D eigenvalue weighted by Gasteiger charge is 2.22. The van der Waals surface area contributed by atoms with E-state index in [9.17, 15) is 4.79 Å². The van der Waals surface area contributed by atoms with E-state index in [-0.39, 0.29) is 5.91 Å². The average molecular weight is 352 g/mol. The summed E-state index contributed by atoms with van der Waals surface area (Å²) in [7, 11) is 0. The molecule has 25 heavy (non-hydrogen) atoms. The van der Waals surface area contributed by atoms with Crippen LogP contribution < -0.4 is 5.32 Å². The molecule has 0 atom stereocenters. The summed E-state index contributed by atoms with van der Waals surface area (Å²) in [5.41, 5.74) is 3.75. The zero-order chi connectivity index (χ0) is 17.1. The number of aromatic nitrogens is 2. The van der Waals surface area contributed by atoms with Crippen LogP contribution in [-0.2, 0) is 4.79 Å². The van der Waals surface area contributed by atoms with Gasteiger partial charge in [0.15, 0.2) is 0 Å². The van der Waals surface area contributed by atoms with Crippen molar-refractivity contribution in [3.63, 3.8) is 0 Å². The molecule has 128 valence electrons. The number of benzene rings is 2. The third kappa shape index (κ3) is 3.70. The Bertz CT molecular complexity index is 856. The van der Waals surface area contributed by atoms with Crippen molar-refractivity contribution in [2.45, 2.75) is 18.8 Å². The molecule has 1 aliphatic heterocycles. The number of fused-ring (bicyclic) bond motifs is 1. The van der Waals surface area contributed by atoms with Crippen molar-refractivity contribution in [1.82, 2.24) is 13.6 Å². The number of rotatable bonds is 4. The molecule has 0 spiro atoms. The van der Waals surface area contributed by atoms with Crippen molar-refractivity contribution < 1.29 is 4.79 Å². The second-order valence-corrected chi connectivity index (χ2v) is 6.98. The van der Waals surface area contributed by atoms with Gasteiger partial charge in [-0.15, -0.1) is 0 Å². The molecule has 1 N–H and O–H groups in total. The number of amides is 1.